The molecule has 2 aromatic heterocycles. The van der Waals surface area contributed by atoms with E-state index in [2.05, 4.69) is 15.5 Å². The number of alkyl halides is 3. The summed E-state index contributed by atoms with van der Waals surface area (Å²) in [7, 11) is 2.73. The van der Waals surface area contributed by atoms with Crippen molar-refractivity contribution in [3.63, 3.8) is 0 Å². The number of aryl methyl sites for hydroxylation is 3. The van der Waals surface area contributed by atoms with Crippen LogP contribution in [-0.4, -0.2) is 25.5 Å². The molecule has 0 radical (unpaired) electrons. The second-order valence-electron chi connectivity index (χ2n) is 4.28. The van der Waals surface area contributed by atoms with Crippen LogP contribution >= 0.6 is 0 Å². The molecular weight excluding hydrogens is 275 g/mol. The monoisotopic (exact) mass is 287 g/mol. The molecule has 2 heterocycles. The summed E-state index contributed by atoms with van der Waals surface area (Å²) in [5, 5.41) is 9.91. The van der Waals surface area contributed by atoms with Gasteiger partial charge in [0, 0.05) is 20.2 Å². The minimum Gasteiger partial charge on any atom is -0.304 e. The average Bonchev–Trinajstić information content (AvgIpc) is 2.81. The molecule has 0 saturated carbocycles. The topological polar surface area (TPSA) is 64.7 Å². The number of halogens is 3. The van der Waals surface area contributed by atoms with Crippen molar-refractivity contribution in [1.82, 2.24) is 19.6 Å². The van der Waals surface area contributed by atoms with Crippen molar-refractivity contribution in [3.8, 4) is 0 Å². The van der Waals surface area contributed by atoms with E-state index in [9.17, 15) is 18.0 Å². The third-order valence-corrected chi connectivity index (χ3v) is 2.65. The fourth-order valence-corrected chi connectivity index (χ4v) is 1.80. The van der Waals surface area contributed by atoms with E-state index in [0.717, 1.165) is 13.1 Å². The molecule has 0 aliphatic heterocycles. The molecule has 0 saturated heterocycles. The van der Waals surface area contributed by atoms with Crippen molar-refractivity contribution in [2.45, 2.75) is 13.1 Å². The van der Waals surface area contributed by atoms with Gasteiger partial charge in [0.25, 0.3) is 5.91 Å². The summed E-state index contributed by atoms with van der Waals surface area (Å²) in [6.07, 6.45) is -4.52. The molecule has 0 spiro atoms. The second-order valence-corrected chi connectivity index (χ2v) is 4.28. The number of nitrogens with zero attached hydrogens (tertiary/aromatic N) is 4. The van der Waals surface area contributed by atoms with E-state index >= 15 is 0 Å². The van der Waals surface area contributed by atoms with Crippen LogP contribution in [0.2, 0.25) is 0 Å². The van der Waals surface area contributed by atoms with Crippen LogP contribution in [0.1, 0.15) is 21.9 Å². The zero-order valence-corrected chi connectivity index (χ0v) is 11.0. The minimum atomic E-state index is -4.52. The highest BCUT2D eigenvalue weighted by Gasteiger charge is 2.35. The lowest BCUT2D eigenvalue weighted by atomic mass is 10.3. The second kappa shape index (κ2) is 4.66. The Kier molecular flexibility index (Phi) is 3.28. The summed E-state index contributed by atoms with van der Waals surface area (Å²) in [6.45, 7) is 1.71. The number of anilines is 1. The number of hydrogen-bond donors (Lipinski definition) is 1. The molecule has 0 aliphatic rings. The lowest BCUT2D eigenvalue weighted by Gasteiger charge is -2.04. The maximum Gasteiger partial charge on any atom is 0.433 e. The molecule has 0 bridgehead atoms. The Hall–Kier alpha value is -2.32. The molecule has 6 nitrogen and oxygen atoms in total. The van der Waals surface area contributed by atoms with Gasteiger partial charge in [-0.25, -0.2) is 0 Å². The molecule has 2 aromatic rings. The Balaban J connectivity index is 2.23. The van der Waals surface area contributed by atoms with Gasteiger partial charge < -0.3 is 5.32 Å². The van der Waals surface area contributed by atoms with E-state index in [1.807, 2.05) is 0 Å². The number of hydrogen-bond acceptors (Lipinski definition) is 3. The Labute approximate surface area is 112 Å². The number of nitrogens with one attached hydrogen (secondary N) is 1. The molecule has 1 N–H and O–H groups in total. The van der Waals surface area contributed by atoms with Gasteiger partial charge >= 0.3 is 6.18 Å². The fraction of sp³-hybridized carbons (Fsp3) is 0.364. The number of carbonyl (C=O) groups is 1. The van der Waals surface area contributed by atoms with Gasteiger partial charge in [0.15, 0.2) is 5.82 Å². The van der Waals surface area contributed by atoms with E-state index in [-0.39, 0.29) is 11.5 Å². The van der Waals surface area contributed by atoms with Crippen LogP contribution in [0, 0.1) is 6.92 Å². The first-order chi connectivity index (χ1) is 9.18. The van der Waals surface area contributed by atoms with Gasteiger partial charge in [-0.2, -0.15) is 23.4 Å². The van der Waals surface area contributed by atoms with Crippen LogP contribution in [-0.2, 0) is 20.3 Å². The van der Waals surface area contributed by atoms with Crippen molar-refractivity contribution in [3.05, 3.63) is 29.2 Å². The predicted molar refractivity (Wildman–Crippen MR) is 64.1 cm³/mol. The van der Waals surface area contributed by atoms with Crippen LogP contribution in [0.15, 0.2) is 12.1 Å². The zero-order valence-electron chi connectivity index (χ0n) is 11.0. The number of carbonyl (C=O) groups excluding carboxylic acids is 1. The van der Waals surface area contributed by atoms with Crippen molar-refractivity contribution in [2.75, 3.05) is 5.32 Å². The molecule has 0 atom stereocenters. The minimum absolute atomic E-state index is 0.163. The SMILES string of the molecule is Cc1cc(C(=O)Nc2cc(C(F)(F)F)n(C)n2)n(C)n1. The van der Waals surface area contributed by atoms with Crippen LogP contribution in [0.3, 0.4) is 0 Å². The van der Waals surface area contributed by atoms with E-state index in [1.165, 1.54) is 10.7 Å². The smallest absolute Gasteiger partial charge is 0.304 e. The summed E-state index contributed by atoms with van der Waals surface area (Å²) >= 11 is 0. The van der Waals surface area contributed by atoms with Crippen molar-refractivity contribution < 1.29 is 18.0 Å². The summed E-state index contributed by atoms with van der Waals surface area (Å²) in [4.78, 5) is 11.9. The van der Waals surface area contributed by atoms with Crippen LogP contribution in [0.4, 0.5) is 19.0 Å². The standard InChI is InChI=1S/C11H12F3N5O/c1-6-4-7(18(2)16-6)10(20)15-9-5-8(11(12,13)14)19(3)17-9/h4-5H,1-3H3,(H,15,17,20). The molecule has 0 aliphatic carbocycles. The van der Waals surface area contributed by atoms with Crippen LogP contribution in [0.5, 0.6) is 0 Å². The molecular formula is C11H12F3N5O. The quantitative estimate of drug-likeness (QED) is 0.915. The largest absolute Gasteiger partial charge is 0.433 e. The van der Waals surface area contributed by atoms with Gasteiger partial charge in [0.2, 0.25) is 0 Å². The van der Waals surface area contributed by atoms with Crippen LogP contribution in [0.25, 0.3) is 0 Å². The lowest BCUT2D eigenvalue weighted by molar-refractivity contribution is -0.143. The lowest BCUT2D eigenvalue weighted by Crippen LogP contribution is -2.16. The third kappa shape index (κ3) is 2.65. The van der Waals surface area contributed by atoms with Crippen molar-refractivity contribution >= 4 is 11.7 Å². The van der Waals surface area contributed by atoms with Gasteiger partial charge in [0.05, 0.1) is 5.69 Å². The van der Waals surface area contributed by atoms with E-state index in [1.54, 1.807) is 14.0 Å². The molecule has 0 unspecified atom stereocenters. The van der Waals surface area contributed by atoms with Gasteiger partial charge in [-0.15, -0.1) is 0 Å². The predicted octanol–water partition coefficient (Wildman–Crippen LogP) is 1.73. The Morgan fingerprint density at radius 2 is 1.85 bits per heavy atom. The number of rotatable bonds is 2. The normalized spacial score (nSPS) is 11.7. The van der Waals surface area contributed by atoms with E-state index in [0.29, 0.717) is 10.4 Å². The fourth-order valence-electron chi connectivity index (χ4n) is 1.80. The highest BCUT2D eigenvalue weighted by molar-refractivity contribution is 6.02. The molecule has 0 fully saturated rings. The Morgan fingerprint density at radius 3 is 2.30 bits per heavy atom. The number of aromatic nitrogens is 4. The first-order valence-corrected chi connectivity index (χ1v) is 5.61. The maximum atomic E-state index is 12.6. The highest BCUT2D eigenvalue weighted by atomic mass is 19.4. The molecule has 0 aromatic carbocycles. The van der Waals surface area contributed by atoms with E-state index < -0.39 is 17.8 Å². The summed E-state index contributed by atoms with van der Waals surface area (Å²) in [6, 6.07) is 2.31. The molecule has 1 amide bonds. The number of amides is 1. The average molecular weight is 287 g/mol. The molecule has 9 heteroatoms. The highest BCUT2D eigenvalue weighted by Crippen LogP contribution is 2.30. The molecule has 20 heavy (non-hydrogen) atoms. The van der Waals surface area contributed by atoms with Crippen molar-refractivity contribution in [1.29, 1.82) is 0 Å². The summed E-state index contributed by atoms with van der Waals surface area (Å²) in [5.74, 6) is -0.733. The summed E-state index contributed by atoms with van der Waals surface area (Å²) < 4.78 is 39.8. The Morgan fingerprint density at radius 1 is 1.20 bits per heavy atom. The molecule has 2 rings (SSSR count). The van der Waals surface area contributed by atoms with Gasteiger partial charge in [0.1, 0.15) is 11.4 Å². The first kappa shape index (κ1) is 14.1. The van der Waals surface area contributed by atoms with Gasteiger partial charge in [-0.1, -0.05) is 0 Å². The zero-order chi connectivity index (χ0) is 15.1. The first-order valence-electron chi connectivity index (χ1n) is 5.61. The van der Waals surface area contributed by atoms with Gasteiger partial charge in [-0.3, -0.25) is 14.2 Å². The van der Waals surface area contributed by atoms with Gasteiger partial charge in [-0.05, 0) is 13.0 Å². The molecule has 108 valence electrons. The van der Waals surface area contributed by atoms with E-state index in [4.69, 9.17) is 0 Å². The maximum absolute atomic E-state index is 12.6. The summed E-state index contributed by atoms with van der Waals surface area (Å²) in [5.41, 5.74) is -0.0645. The van der Waals surface area contributed by atoms with Crippen molar-refractivity contribution in [2.24, 2.45) is 14.1 Å². The third-order valence-electron chi connectivity index (χ3n) is 2.65. The van der Waals surface area contributed by atoms with Crippen LogP contribution < -0.4 is 5.32 Å². The Bertz CT molecular complexity index is 656.